The van der Waals surface area contributed by atoms with Gasteiger partial charge in [0.2, 0.25) is 41.4 Å². The Morgan fingerprint density at radius 2 is 1.56 bits per heavy atom. The first kappa shape index (κ1) is 56.1. The van der Waals surface area contributed by atoms with Crippen molar-refractivity contribution in [2.45, 2.75) is 108 Å². The fourth-order valence-corrected chi connectivity index (χ4v) is 9.09. The van der Waals surface area contributed by atoms with E-state index in [4.69, 9.17) is 17.2 Å². The largest absolute Gasteiger partial charge is 0.370 e. The minimum absolute atomic E-state index is 0.00722. The predicted octanol–water partition coefficient (Wildman–Crippen LogP) is 1.58. The van der Waals surface area contributed by atoms with Crippen LogP contribution in [0.2, 0.25) is 0 Å². The molecule has 1 unspecified atom stereocenters. The third-order valence-corrected chi connectivity index (χ3v) is 13.3. The van der Waals surface area contributed by atoms with Crippen LogP contribution in [0.5, 0.6) is 0 Å². The number of fused-ring (bicyclic) bond motifs is 2. The number of aliphatic imine (C=N–C) groups is 1. The van der Waals surface area contributed by atoms with Gasteiger partial charge in [-0.05, 0) is 67.4 Å². The van der Waals surface area contributed by atoms with Gasteiger partial charge in [-0.25, -0.2) is 0 Å². The third kappa shape index (κ3) is 15.6. The van der Waals surface area contributed by atoms with Gasteiger partial charge in [0.15, 0.2) is 5.96 Å². The van der Waals surface area contributed by atoms with E-state index in [9.17, 15) is 38.4 Å². The van der Waals surface area contributed by atoms with Gasteiger partial charge in [-0.15, -0.1) is 0 Å². The van der Waals surface area contributed by atoms with Gasteiger partial charge >= 0.3 is 0 Å². The zero-order chi connectivity index (χ0) is 54.1. The number of hydrogen-bond acceptors (Lipinski definition) is 10. The predicted molar refractivity (Wildman–Crippen MR) is 286 cm³/mol. The Balaban J connectivity index is 1.38. The molecule has 4 aromatic rings. The minimum atomic E-state index is -1.56. The van der Waals surface area contributed by atoms with Gasteiger partial charge in [0, 0.05) is 80.3 Å². The first-order chi connectivity index (χ1) is 36.0. The Labute approximate surface area is 436 Å². The third-order valence-electron chi connectivity index (χ3n) is 13.3. The van der Waals surface area contributed by atoms with Crippen LogP contribution in [0.15, 0.2) is 95.7 Å². The zero-order valence-electron chi connectivity index (χ0n) is 42.8. The maximum atomic E-state index is 14.6. The van der Waals surface area contributed by atoms with E-state index in [2.05, 4.69) is 47.2 Å². The van der Waals surface area contributed by atoms with Crippen molar-refractivity contribution in [2.24, 2.45) is 28.1 Å². The van der Waals surface area contributed by atoms with E-state index in [-0.39, 0.29) is 101 Å². The number of rotatable bonds is 14. The van der Waals surface area contributed by atoms with Crippen molar-refractivity contribution in [3.05, 3.63) is 107 Å². The van der Waals surface area contributed by atoms with Crippen molar-refractivity contribution in [3.8, 4) is 0 Å². The highest BCUT2D eigenvalue weighted by molar-refractivity contribution is 6.06. The highest BCUT2D eigenvalue weighted by Crippen LogP contribution is 2.44. The molecule has 0 bridgehead atoms. The summed E-state index contributed by atoms with van der Waals surface area (Å²) in [6, 6.07) is 20.1. The van der Waals surface area contributed by atoms with Gasteiger partial charge in [-0.3, -0.25) is 43.3 Å². The Morgan fingerprint density at radius 1 is 0.827 bits per heavy atom. The van der Waals surface area contributed by atoms with Crippen molar-refractivity contribution in [1.29, 1.82) is 0 Å². The number of primary amides is 1. The molecule has 75 heavy (non-hydrogen) atoms. The molecular formula is C54H71N13O8. The summed E-state index contributed by atoms with van der Waals surface area (Å²) in [5.41, 5.74) is 18.9. The molecule has 2 heterocycles. The maximum absolute atomic E-state index is 14.6. The number of guanidine groups is 1. The molecule has 0 radical (unpaired) electrons. The Kier molecular flexibility index (Phi) is 19.9. The van der Waals surface area contributed by atoms with E-state index >= 15 is 0 Å². The molecule has 1 saturated heterocycles. The number of nitrogens with zero attached hydrogens (tertiary/aromatic N) is 2. The number of aromatic nitrogens is 1. The smallest absolute Gasteiger partial charge is 0.268 e. The van der Waals surface area contributed by atoms with Crippen LogP contribution < -0.4 is 59.3 Å². The van der Waals surface area contributed by atoms with Crippen molar-refractivity contribution in [2.75, 3.05) is 37.6 Å². The van der Waals surface area contributed by atoms with Crippen LogP contribution in [-0.4, -0.2) is 115 Å². The lowest BCUT2D eigenvalue weighted by atomic mass is 10.00. The summed E-state index contributed by atoms with van der Waals surface area (Å²) in [7, 11) is 0. The van der Waals surface area contributed by atoms with E-state index in [0.29, 0.717) is 17.4 Å². The van der Waals surface area contributed by atoms with Crippen LogP contribution in [0.3, 0.4) is 0 Å². The Morgan fingerprint density at radius 3 is 2.29 bits per heavy atom. The second-order valence-corrected chi connectivity index (χ2v) is 19.3. The summed E-state index contributed by atoms with van der Waals surface area (Å²) in [6.45, 7) is 6.39. The molecule has 8 amide bonds. The van der Waals surface area contributed by atoms with E-state index in [1.54, 1.807) is 30.5 Å². The molecule has 21 nitrogen and oxygen atoms in total. The van der Waals surface area contributed by atoms with Gasteiger partial charge < -0.3 is 64.3 Å². The number of unbranched alkanes of at least 4 members (excludes halogenated alkanes) is 1. The van der Waals surface area contributed by atoms with Crippen LogP contribution in [0, 0.1) is 5.92 Å². The summed E-state index contributed by atoms with van der Waals surface area (Å²) in [5, 5.41) is 20.2. The van der Waals surface area contributed by atoms with Crippen molar-refractivity contribution in [3.63, 3.8) is 0 Å². The molecule has 2 fully saturated rings. The molecule has 21 heteroatoms. The molecule has 14 N–H and O–H groups in total. The van der Waals surface area contributed by atoms with Crippen LogP contribution >= 0.6 is 0 Å². The average Bonchev–Trinajstić information content (AvgIpc) is 3.98. The molecule has 5 atom stereocenters. The fraction of sp³-hybridized carbons (Fsp3) is 0.426. The van der Waals surface area contributed by atoms with Crippen molar-refractivity contribution >= 4 is 75.9 Å². The lowest BCUT2D eigenvalue weighted by Gasteiger charge is -2.29. The van der Waals surface area contributed by atoms with Gasteiger partial charge in [0.1, 0.15) is 29.4 Å². The highest BCUT2D eigenvalue weighted by Gasteiger charge is 2.64. The molecule has 6 rings (SSSR count). The number of H-pyrrole nitrogens is 1. The number of aromatic amines is 1. The van der Waals surface area contributed by atoms with Crippen molar-refractivity contribution < 1.29 is 38.4 Å². The molecule has 1 aliphatic carbocycles. The Bertz CT molecular complexity index is 2750. The minimum Gasteiger partial charge on any atom is -0.370 e. The van der Waals surface area contributed by atoms with Crippen LogP contribution in [0.25, 0.3) is 17.0 Å². The van der Waals surface area contributed by atoms with Gasteiger partial charge in [0.25, 0.3) is 5.91 Å². The second kappa shape index (κ2) is 26.6. The lowest BCUT2D eigenvalue weighted by Crippen LogP contribution is -2.55. The summed E-state index contributed by atoms with van der Waals surface area (Å²) in [4.78, 5) is 121. The van der Waals surface area contributed by atoms with Gasteiger partial charge in [-0.1, -0.05) is 93.9 Å². The van der Waals surface area contributed by atoms with Crippen LogP contribution in [0.4, 0.5) is 5.69 Å². The number of carbonyl (C=O) groups excluding carboxylic acids is 8. The molecule has 1 aliphatic heterocycles. The van der Waals surface area contributed by atoms with Gasteiger partial charge in [-0.2, -0.15) is 0 Å². The second-order valence-electron chi connectivity index (χ2n) is 19.3. The van der Waals surface area contributed by atoms with Crippen molar-refractivity contribution in [1.82, 2.24) is 42.2 Å². The summed E-state index contributed by atoms with van der Waals surface area (Å²) >= 11 is 0. The zero-order valence-corrected chi connectivity index (χ0v) is 42.8. The monoisotopic (exact) mass is 1030 g/mol. The van der Waals surface area contributed by atoms with E-state index < -0.39 is 70.9 Å². The van der Waals surface area contributed by atoms with E-state index in [1.807, 2.05) is 80.3 Å². The van der Waals surface area contributed by atoms with Crippen LogP contribution in [0.1, 0.15) is 94.7 Å². The number of para-hydroxylation sites is 2. The number of carbonyl (C=O) groups is 8. The fourth-order valence-electron chi connectivity index (χ4n) is 9.09. The number of nitrogens with two attached hydrogens (primary N) is 3. The molecule has 3 aromatic carbocycles. The Hall–Kier alpha value is -8.23. The summed E-state index contributed by atoms with van der Waals surface area (Å²) < 4.78 is 0. The molecule has 1 saturated carbocycles. The molecule has 2 aliphatic rings. The normalized spacial score (nSPS) is 22.2. The van der Waals surface area contributed by atoms with Gasteiger partial charge in [0.05, 0.1) is 5.92 Å². The molecule has 400 valence electrons. The standard InChI is InChI=1S/C54H71N13O8/c1-4-5-21-46(69)66-54-31-38(54)48(71)58-25-22-40(47(55)70)63-51(74)43(30-35-32-61-39-18-11-9-17-37(35)39)65-49(72)41(19-13-24-60-53(56)57)64-50(73)42(29-34-14-7-6-8-15-34)62-45(68)23-27-67(28-26-59-52(54)75)44-20-12-10-16-36(44)33(2)3/h6-12,14-18,20,30,32-33,38,40-42,61H,4-5,13,19,21-29,31H2,1-3H3,(H2,55,70)(H,58,71)(H,59,75)(H,62,68)(H,63,74)(H,64,73)(H,65,72)(H,66,69)(H4,56,57,60)/b43-30+/t38-,40-,41-,42+,54?/m0/s1. The molecule has 1 aromatic heterocycles. The molecular weight excluding hydrogens is 959 g/mol. The lowest BCUT2D eigenvalue weighted by molar-refractivity contribution is -0.132. The molecule has 0 spiro atoms. The highest BCUT2D eigenvalue weighted by atomic mass is 16.2. The van der Waals surface area contributed by atoms with E-state index in [1.165, 1.54) is 6.08 Å². The van der Waals surface area contributed by atoms with Crippen LogP contribution in [-0.2, 0) is 44.8 Å². The summed E-state index contributed by atoms with van der Waals surface area (Å²) in [5.74, 6) is -6.43. The summed E-state index contributed by atoms with van der Waals surface area (Å²) in [6.07, 6.45) is 4.44. The first-order valence-electron chi connectivity index (χ1n) is 25.6. The number of hydrogen-bond donors (Lipinski definition) is 11. The number of nitrogens with one attached hydrogen (secondary N) is 8. The average molecular weight is 1030 g/mol. The number of benzene rings is 3. The first-order valence-corrected chi connectivity index (χ1v) is 25.6. The van der Waals surface area contributed by atoms with E-state index in [0.717, 1.165) is 28.8 Å². The SMILES string of the molecule is CCCCC(=O)NC12C[C@H]1C(=O)NCC[C@@H](C(N)=O)NC(=O)/C(=C\c1c[nH]c3ccccc13)NC(=O)[C@H](CCCN=C(N)N)NC(=O)[C@@H](Cc1ccccc1)NC(=O)CCN(c1ccccc1C(C)C)CCNC2=O. The quantitative estimate of drug-likeness (QED) is 0.0373. The number of amides is 8. The number of anilines is 1. The maximum Gasteiger partial charge on any atom is 0.268 e. The topological polar surface area (TPSA) is 330 Å².